The second kappa shape index (κ2) is 19.4. The van der Waals surface area contributed by atoms with Gasteiger partial charge in [-0.1, -0.05) is 54.6 Å². The summed E-state index contributed by atoms with van der Waals surface area (Å²) < 4.78 is 0. The van der Waals surface area contributed by atoms with Crippen molar-refractivity contribution in [1.29, 1.82) is 16.2 Å². The number of nitrogens with zero attached hydrogens (tertiary/aromatic N) is 3. The summed E-state index contributed by atoms with van der Waals surface area (Å²) in [6, 6.07) is 21.2. The fourth-order valence-electron chi connectivity index (χ4n) is 3.15. The molecular weight excluding hydrogens is 480 g/mol. The minimum Gasteiger partial charge on any atom is -0.222 e. The molecule has 0 aliphatic heterocycles. The van der Waals surface area contributed by atoms with Crippen LogP contribution >= 0.6 is 0 Å². The number of rotatable bonds is 6. The normalized spacial score (nSPS) is 8.76. The lowest BCUT2D eigenvalue weighted by Gasteiger charge is -2.22. The fourth-order valence-corrected chi connectivity index (χ4v) is 3.15. The Morgan fingerprint density at radius 1 is 0.459 bits per heavy atom. The molecule has 3 aromatic carbocycles. The third-order valence-electron chi connectivity index (χ3n) is 4.24. The summed E-state index contributed by atoms with van der Waals surface area (Å²) in [7, 11) is 0. The molecular formula is C25H16N6O6. The van der Waals surface area contributed by atoms with E-state index in [4.69, 9.17) is 30.6 Å². The Bertz CT molecular complexity index is 1260. The van der Waals surface area contributed by atoms with Crippen molar-refractivity contribution >= 4 is 53.5 Å². The quantitative estimate of drug-likeness (QED) is 0.254. The van der Waals surface area contributed by atoms with E-state index < -0.39 is 5.92 Å². The summed E-state index contributed by atoms with van der Waals surface area (Å²) in [5, 5.41) is 16.2. The summed E-state index contributed by atoms with van der Waals surface area (Å²) in [6.07, 6.45) is 6.95. The molecule has 0 saturated heterocycles. The third kappa shape index (κ3) is 10.2. The Morgan fingerprint density at radius 3 is 0.892 bits per heavy atom. The zero-order chi connectivity index (χ0) is 27.9. The predicted molar refractivity (Wildman–Crippen MR) is 129 cm³/mol. The summed E-state index contributed by atoms with van der Waals surface area (Å²) in [4.78, 5) is 69.3. The molecule has 0 spiro atoms. The maximum absolute atomic E-state index is 10.9. The molecule has 0 aliphatic rings. The van der Waals surface area contributed by atoms with E-state index in [0.717, 1.165) is 18.2 Å². The van der Waals surface area contributed by atoms with Gasteiger partial charge in [0.05, 0.1) is 17.1 Å². The van der Waals surface area contributed by atoms with Gasteiger partial charge in [0.15, 0.2) is 0 Å². The Kier molecular flexibility index (Phi) is 16.2. The molecule has 0 bridgehead atoms. The minimum atomic E-state index is -0.505. The van der Waals surface area contributed by atoms with Gasteiger partial charge in [-0.15, -0.1) is 0 Å². The monoisotopic (exact) mass is 496 g/mol. The van der Waals surface area contributed by atoms with E-state index in [0.29, 0.717) is 33.8 Å². The average Bonchev–Trinajstić information content (AvgIpc) is 2.89. The van der Waals surface area contributed by atoms with Gasteiger partial charge in [-0.25, -0.2) is 45.0 Å². The summed E-state index contributed by atoms with van der Waals surface area (Å²) in [5.41, 5.74) is 3.26. The standard InChI is InChI=1S/C22H13N3O3.3CHNO/c26-13-23-19-10-4-1-7-16(19)22(17-8-2-5-11-20(17)24-14-27)18-9-3-6-12-21(18)25-15-28;3*2-1-3/h1-12,22H;3*2H. The number of hydrogen-bond acceptors (Lipinski definition) is 12. The van der Waals surface area contributed by atoms with E-state index >= 15 is 0 Å². The van der Waals surface area contributed by atoms with Crippen molar-refractivity contribution in [2.75, 3.05) is 0 Å². The number of nitrogens with one attached hydrogen (secondary N) is 3. The van der Waals surface area contributed by atoms with Crippen LogP contribution in [0.15, 0.2) is 87.8 Å². The molecule has 3 N–H and O–H groups in total. The van der Waals surface area contributed by atoms with Crippen LogP contribution in [0.5, 0.6) is 0 Å². The van der Waals surface area contributed by atoms with Crippen LogP contribution < -0.4 is 0 Å². The summed E-state index contributed by atoms with van der Waals surface area (Å²) >= 11 is 0. The molecule has 182 valence electrons. The number of para-hydroxylation sites is 3. The van der Waals surface area contributed by atoms with Crippen molar-refractivity contribution in [3.63, 3.8) is 0 Å². The first-order valence-electron chi connectivity index (χ1n) is 9.66. The molecule has 0 atom stereocenters. The van der Waals surface area contributed by atoms with E-state index in [2.05, 4.69) is 15.0 Å². The van der Waals surface area contributed by atoms with E-state index in [1.165, 1.54) is 0 Å². The van der Waals surface area contributed by atoms with Crippen molar-refractivity contribution in [2.24, 2.45) is 15.0 Å². The zero-order valence-corrected chi connectivity index (χ0v) is 18.8. The van der Waals surface area contributed by atoms with Gasteiger partial charge in [-0.3, -0.25) is 0 Å². The topological polar surface area (TPSA) is 211 Å². The molecule has 12 heteroatoms. The van der Waals surface area contributed by atoms with E-state index in [1.54, 1.807) is 54.6 Å². The van der Waals surface area contributed by atoms with Crippen LogP contribution in [-0.4, -0.2) is 36.5 Å². The van der Waals surface area contributed by atoms with Crippen molar-refractivity contribution in [3.05, 3.63) is 89.5 Å². The third-order valence-corrected chi connectivity index (χ3v) is 4.24. The predicted octanol–water partition coefficient (Wildman–Crippen LogP) is 4.47. The van der Waals surface area contributed by atoms with E-state index in [1.807, 2.05) is 36.4 Å². The molecule has 37 heavy (non-hydrogen) atoms. The molecule has 0 aliphatic carbocycles. The van der Waals surface area contributed by atoms with Gasteiger partial charge in [0.25, 0.3) is 0 Å². The number of aliphatic imine (C=N–C) groups is 3. The zero-order valence-electron chi connectivity index (χ0n) is 18.8. The van der Waals surface area contributed by atoms with Crippen molar-refractivity contribution in [2.45, 2.75) is 5.92 Å². The second-order valence-electron chi connectivity index (χ2n) is 6.02. The van der Waals surface area contributed by atoms with Crippen molar-refractivity contribution in [1.82, 2.24) is 0 Å². The Hall–Kier alpha value is -6.06. The molecule has 3 rings (SSSR count). The van der Waals surface area contributed by atoms with Crippen LogP contribution in [0.4, 0.5) is 17.1 Å². The van der Waals surface area contributed by atoms with Gasteiger partial charge in [-0.2, -0.15) is 15.0 Å². The highest BCUT2D eigenvalue weighted by Gasteiger charge is 2.24. The van der Waals surface area contributed by atoms with Crippen LogP contribution in [0.25, 0.3) is 0 Å². The van der Waals surface area contributed by atoms with Gasteiger partial charge in [0.2, 0.25) is 36.5 Å². The first-order chi connectivity index (χ1) is 18.0. The van der Waals surface area contributed by atoms with Crippen LogP contribution in [0.1, 0.15) is 22.6 Å². The lowest BCUT2D eigenvalue weighted by molar-refractivity contribution is 0.562. The number of benzene rings is 3. The molecule has 0 unspecified atom stereocenters. The van der Waals surface area contributed by atoms with Gasteiger partial charge >= 0.3 is 0 Å². The van der Waals surface area contributed by atoms with Crippen LogP contribution in [0.2, 0.25) is 0 Å². The molecule has 3 aromatic rings. The molecule has 0 aromatic heterocycles. The maximum Gasteiger partial charge on any atom is 0.240 e. The molecule has 0 radical (unpaired) electrons. The van der Waals surface area contributed by atoms with Crippen LogP contribution in [0, 0.1) is 16.2 Å². The number of hydrogen-bond donors (Lipinski definition) is 3. The SMILES string of the molecule is N=C=O.N=C=O.N=C=O.O=C=Nc1ccccc1C(c1ccccc1N=C=O)c1ccccc1N=C=O. The molecule has 0 heterocycles. The second-order valence-corrected chi connectivity index (χ2v) is 6.02. The lowest BCUT2D eigenvalue weighted by atomic mass is 9.82. The Balaban J connectivity index is 0.00000126. The first-order valence-corrected chi connectivity index (χ1v) is 9.66. The largest absolute Gasteiger partial charge is 0.240 e. The van der Waals surface area contributed by atoms with E-state index in [9.17, 15) is 14.4 Å². The van der Waals surface area contributed by atoms with Gasteiger partial charge in [0, 0.05) is 5.92 Å². The lowest BCUT2D eigenvalue weighted by Crippen LogP contribution is -2.05. The Labute approximate surface area is 209 Å². The highest BCUT2D eigenvalue weighted by atomic mass is 16.1. The van der Waals surface area contributed by atoms with Gasteiger partial charge in [-0.05, 0) is 34.9 Å². The average molecular weight is 496 g/mol. The van der Waals surface area contributed by atoms with Crippen molar-refractivity contribution in [3.8, 4) is 0 Å². The highest BCUT2D eigenvalue weighted by molar-refractivity contribution is 5.68. The smallest absolute Gasteiger partial charge is 0.222 e. The number of isocyanates is 6. The fraction of sp³-hybridized carbons (Fsp3) is 0.0400. The highest BCUT2D eigenvalue weighted by Crippen LogP contribution is 2.43. The molecule has 12 nitrogen and oxygen atoms in total. The van der Waals surface area contributed by atoms with Crippen molar-refractivity contribution < 1.29 is 28.8 Å². The van der Waals surface area contributed by atoms with Gasteiger partial charge in [0.1, 0.15) is 0 Å². The number of carbonyl (C=O) groups excluding carboxylic acids is 6. The first kappa shape index (κ1) is 30.9. The summed E-state index contributed by atoms with van der Waals surface area (Å²) in [5.74, 6) is -0.505. The molecule has 0 amide bonds. The minimum absolute atomic E-state index is 0.414. The molecule has 0 fully saturated rings. The summed E-state index contributed by atoms with van der Waals surface area (Å²) in [6.45, 7) is 0. The maximum atomic E-state index is 10.9. The Morgan fingerprint density at radius 2 is 0.676 bits per heavy atom. The van der Waals surface area contributed by atoms with Crippen LogP contribution in [0.3, 0.4) is 0 Å². The molecule has 0 saturated carbocycles. The van der Waals surface area contributed by atoms with Gasteiger partial charge < -0.3 is 0 Å². The van der Waals surface area contributed by atoms with Crippen LogP contribution in [-0.2, 0) is 28.8 Å². The van der Waals surface area contributed by atoms with E-state index in [-0.39, 0.29) is 0 Å².